The van der Waals surface area contributed by atoms with Crippen molar-refractivity contribution in [3.8, 4) is 11.5 Å². The van der Waals surface area contributed by atoms with E-state index in [0.717, 1.165) is 16.7 Å². The molecule has 0 saturated heterocycles. The van der Waals surface area contributed by atoms with Crippen LogP contribution in [0.15, 0.2) is 109 Å². The van der Waals surface area contributed by atoms with E-state index in [9.17, 15) is 4.57 Å². The monoisotopic (exact) mass is 415 g/mol. The molecule has 0 N–H and O–H groups in total. The zero-order valence-corrected chi connectivity index (χ0v) is 17.4. The Morgan fingerprint density at radius 2 is 1.20 bits per heavy atom. The molecule has 0 spiro atoms. The number of hydrogen-bond acceptors (Lipinski definition) is 3. The van der Waals surface area contributed by atoms with E-state index in [0.29, 0.717) is 24.3 Å². The van der Waals surface area contributed by atoms with Gasteiger partial charge in [0.25, 0.3) is 0 Å². The van der Waals surface area contributed by atoms with Crippen LogP contribution < -0.4 is 9.05 Å². The summed E-state index contributed by atoms with van der Waals surface area (Å²) in [5.41, 5.74) is 4.24. The first-order valence-corrected chi connectivity index (χ1v) is 10.9. The van der Waals surface area contributed by atoms with Crippen molar-refractivity contribution in [1.29, 1.82) is 1.28 Å². The maximum absolute atomic E-state index is 12.8. The van der Waals surface area contributed by atoms with Gasteiger partial charge in [0.05, 0.1) is 0 Å². The fourth-order valence-corrected chi connectivity index (χ4v) is 4.01. The summed E-state index contributed by atoms with van der Waals surface area (Å²) in [5, 5.41) is 0. The summed E-state index contributed by atoms with van der Waals surface area (Å²) >= 11 is 0. The minimum atomic E-state index is -4.12. The standard InChI is InChI=1S/C26H23O3P/c27-30(28-24-16-8-3-9-17-24)29-26-18-10-15-23(19-21-11-4-1-5-12-21)25(26)20-22-13-6-2-7-14-22/h1-18,30H,19-20H2/i30D. The van der Waals surface area contributed by atoms with Crippen molar-refractivity contribution >= 4 is 8.20 Å². The van der Waals surface area contributed by atoms with Gasteiger partial charge in [-0.3, -0.25) is 0 Å². The summed E-state index contributed by atoms with van der Waals surface area (Å²) in [6, 6.07) is 34.5. The minimum Gasteiger partial charge on any atom is -0.418 e. The molecular formula is C26H23O3P. The molecule has 0 heterocycles. The average molecular weight is 415 g/mol. The van der Waals surface area contributed by atoms with Crippen molar-refractivity contribution in [3.63, 3.8) is 0 Å². The highest BCUT2D eigenvalue weighted by Crippen LogP contribution is 2.35. The van der Waals surface area contributed by atoms with E-state index < -0.39 is 8.20 Å². The summed E-state index contributed by atoms with van der Waals surface area (Å²) in [7, 11) is -4.12. The molecule has 3 nitrogen and oxygen atoms in total. The Labute approximate surface area is 179 Å². The highest BCUT2D eigenvalue weighted by atomic mass is 31.1. The third kappa shape index (κ3) is 5.40. The Morgan fingerprint density at radius 1 is 0.633 bits per heavy atom. The van der Waals surface area contributed by atoms with Crippen molar-refractivity contribution in [2.75, 3.05) is 0 Å². The van der Waals surface area contributed by atoms with Gasteiger partial charge in [0.1, 0.15) is 11.5 Å². The molecule has 0 aliphatic rings. The van der Waals surface area contributed by atoms with Gasteiger partial charge in [-0.05, 0) is 41.3 Å². The summed E-state index contributed by atoms with van der Waals surface area (Å²) < 4.78 is 32.1. The minimum absolute atomic E-state index is 0.339. The molecule has 0 saturated carbocycles. The van der Waals surface area contributed by atoms with Gasteiger partial charge in [-0.25, -0.2) is 4.57 Å². The lowest BCUT2D eigenvalue weighted by molar-refractivity contribution is 0.414. The lowest BCUT2D eigenvalue weighted by Crippen LogP contribution is -2.01. The topological polar surface area (TPSA) is 35.5 Å². The quantitative estimate of drug-likeness (QED) is 0.300. The van der Waals surface area contributed by atoms with Gasteiger partial charge in [-0.15, -0.1) is 0 Å². The molecule has 0 radical (unpaired) electrons. The van der Waals surface area contributed by atoms with E-state index in [1.165, 1.54) is 5.56 Å². The second-order valence-electron chi connectivity index (χ2n) is 6.94. The van der Waals surface area contributed by atoms with Crippen LogP contribution in [0.4, 0.5) is 0 Å². The number of benzene rings is 4. The molecule has 0 bridgehead atoms. The van der Waals surface area contributed by atoms with Crippen molar-refractivity contribution < 1.29 is 13.6 Å². The van der Waals surface area contributed by atoms with E-state index in [1.807, 2.05) is 66.7 Å². The molecule has 30 heavy (non-hydrogen) atoms. The van der Waals surface area contributed by atoms with Crippen molar-refractivity contribution in [2.24, 2.45) is 0 Å². The van der Waals surface area contributed by atoms with Crippen LogP contribution >= 0.6 is 8.20 Å². The van der Waals surface area contributed by atoms with Crippen molar-refractivity contribution in [3.05, 3.63) is 131 Å². The second kappa shape index (κ2) is 9.96. The largest absolute Gasteiger partial charge is 0.418 e. The third-order valence-electron chi connectivity index (χ3n) is 4.79. The number of rotatable bonds is 8. The number of hydrogen-bond donors (Lipinski definition) is 0. The first-order chi connectivity index (χ1) is 15.1. The van der Waals surface area contributed by atoms with E-state index in [1.54, 1.807) is 30.3 Å². The second-order valence-corrected chi connectivity index (χ2v) is 7.75. The highest BCUT2D eigenvalue weighted by Gasteiger charge is 2.14. The van der Waals surface area contributed by atoms with Gasteiger partial charge >= 0.3 is 8.20 Å². The van der Waals surface area contributed by atoms with Crippen LogP contribution in [0.3, 0.4) is 0 Å². The molecule has 0 aromatic heterocycles. The van der Waals surface area contributed by atoms with E-state index >= 15 is 0 Å². The fourth-order valence-electron chi connectivity index (χ4n) is 3.34. The van der Waals surface area contributed by atoms with Crippen LogP contribution in [0.5, 0.6) is 11.5 Å². The van der Waals surface area contributed by atoms with Crippen LogP contribution in [0, 0.1) is 0 Å². The smallest absolute Gasteiger partial charge is 0.418 e. The molecule has 0 amide bonds. The Balaban J connectivity index is 1.67. The van der Waals surface area contributed by atoms with Gasteiger partial charge in [0.2, 0.25) is 0 Å². The molecule has 0 aliphatic carbocycles. The molecule has 0 aliphatic heterocycles. The van der Waals surface area contributed by atoms with Crippen LogP contribution in [-0.4, -0.2) is 1.28 Å². The van der Waals surface area contributed by atoms with Gasteiger partial charge in [0, 0.05) is 12.0 Å². The van der Waals surface area contributed by atoms with E-state index in [-0.39, 0.29) is 0 Å². The van der Waals surface area contributed by atoms with Crippen LogP contribution in [0.25, 0.3) is 0 Å². The highest BCUT2D eigenvalue weighted by molar-refractivity contribution is 7.34. The molecule has 4 aromatic carbocycles. The molecule has 4 rings (SSSR count). The van der Waals surface area contributed by atoms with E-state index in [4.69, 9.17) is 10.3 Å². The van der Waals surface area contributed by atoms with E-state index in [2.05, 4.69) is 12.1 Å². The summed E-state index contributed by atoms with van der Waals surface area (Å²) in [4.78, 5) is 0. The molecule has 0 fully saturated rings. The Morgan fingerprint density at radius 3 is 1.83 bits per heavy atom. The fraction of sp³-hybridized carbons (Fsp3) is 0.0769. The normalized spacial score (nSPS) is 13.1. The summed E-state index contributed by atoms with van der Waals surface area (Å²) in [6.45, 7) is 0. The maximum Gasteiger partial charge on any atom is 0.418 e. The van der Waals surface area contributed by atoms with Crippen LogP contribution in [0.1, 0.15) is 22.3 Å². The molecular weight excluding hydrogens is 391 g/mol. The first kappa shape index (κ1) is 18.7. The Hall–Kier alpha value is -3.29. The lowest BCUT2D eigenvalue weighted by atomic mass is 9.94. The molecule has 4 aromatic rings. The van der Waals surface area contributed by atoms with Crippen molar-refractivity contribution in [2.45, 2.75) is 12.8 Å². The predicted molar refractivity (Wildman–Crippen MR) is 122 cm³/mol. The first-order valence-electron chi connectivity index (χ1n) is 10.3. The molecule has 4 heteroatoms. The maximum atomic E-state index is 12.8. The van der Waals surface area contributed by atoms with Gasteiger partial charge in [0.15, 0.2) is 1.28 Å². The Bertz CT molecular complexity index is 1170. The van der Waals surface area contributed by atoms with Crippen LogP contribution in [0.2, 0.25) is 0 Å². The molecule has 1 atom stereocenters. The summed E-state index contributed by atoms with van der Waals surface area (Å²) in [6.07, 6.45) is 1.31. The zero-order chi connectivity index (χ0) is 21.5. The lowest BCUT2D eigenvalue weighted by Gasteiger charge is -2.16. The van der Waals surface area contributed by atoms with Crippen molar-refractivity contribution in [1.82, 2.24) is 0 Å². The third-order valence-corrected chi connectivity index (χ3v) is 5.49. The summed E-state index contributed by atoms with van der Waals surface area (Å²) in [5.74, 6) is 0.748. The zero-order valence-electron chi connectivity index (χ0n) is 17.5. The molecule has 150 valence electrons. The van der Waals surface area contributed by atoms with Gasteiger partial charge in [-0.2, -0.15) is 0 Å². The van der Waals surface area contributed by atoms with Gasteiger partial charge in [-0.1, -0.05) is 91.0 Å². The SMILES string of the molecule is [2H]P(=O)(Oc1ccccc1)Oc1cccc(Cc2ccccc2)c1Cc1ccccc1. The van der Waals surface area contributed by atoms with Gasteiger partial charge < -0.3 is 9.05 Å². The predicted octanol–water partition coefficient (Wildman–Crippen LogP) is 6.72. The van der Waals surface area contributed by atoms with Crippen LogP contribution in [-0.2, 0) is 17.4 Å². The Kier molecular flexibility index (Phi) is 6.21. The average Bonchev–Trinajstić information content (AvgIpc) is 2.77. The number of para-hydroxylation sites is 1. The molecule has 1 unspecified atom stereocenters.